The van der Waals surface area contributed by atoms with Crippen LogP contribution in [0, 0.1) is 0 Å². The number of fused-ring (bicyclic) bond motifs is 12. The Hall–Kier alpha value is -7.70. The second-order valence-corrected chi connectivity index (χ2v) is 14.7. The van der Waals surface area contributed by atoms with E-state index in [0.717, 1.165) is 111 Å². The van der Waals surface area contributed by atoms with Crippen molar-refractivity contribution in [1.29, 1.82) is 0 Å². The third-order valence-corrected chi connectivity index (χ3v) is 11.6. The van der Waals surface area contributed by atoms with Crippen molar-refractivity contribution in [2.45, 2.75) is 0 Å². The first kappa shape index (κ1) is 29.7. The van der Waals surface area contributed by atoms with Crippen LogP contribution >= 0.6 is 0 Å². The van der Waals surface area contributed by atoms with Gasteiger partial charge in [0.15, 0.2) is 0 Å². The highest BCUT2D eigenvalue weighted by molar-refractivity contribution is 6.28. The van der Waals surface area contributed by atoms with Gasteiger partial charge in [-0.15, -0.1) is 0 Å². The lowest BCUT2D eigenvalue weighted by Gasteiger charge is -2.05. The van der Waals surface area contributed by atoms with Crippen molar-refractivity contribution < 1.29 is 0 Å². The highest BCUT2D eigenvalue weighted by atomic mass is 15.0. The number of nitrogens with zero attached hydrogens (tertiary/aromatic N) is 6. The smallest absolute Gasteiger partial charge is 0.116 e. The predicted octanol–water partition coefficient (Wildman–Crippen LogP) is 12.2. The zero-order valence-electron chi connectivity index (χ0n) is 29.8. The van der Waals surface area contributed by atoms with Crippen molar-refractivity contribution in [1.82, 2.24) is 28.7 Å². The zero-order valence-corrected chi connectivity index (χ0v) is 29.8. The molecule has 13 aromatic rings. The Morgan fingerprint density at radius 3 is 1.02 bits per heavy atom. The van der Waals surface area contributed by atoms with E-state index in [9.17, 15) is 0 Å². The summed E-state index contributed by atoms with van der Waals surface area (Å²) in [6.07, 6.45) is 0. The highest BCUT2D eigenvalue weighted by Gasteiger charge is 2.26. The van der Waals surface area contributed by atoms with Crippen LogP contribution in [0.4, 0.5) is 0 Å². The normalized spacial score (nSPS) is 12.3. The fourth-order valence-electron chi connectivity index (χ4n) is 9.06. The molecule has 13 rings (SSSR count). The lowest BCUT2D eigenvalue weighted by Crippen LogP contribution is -1.88. The van der Waals surface area contributed by atoms with Gasteiger partial charge in [0.2, 0.25) is 0 Å². The Morgan fingerprint density at radius 2 is 0.625 bits per heavy atom. The molecule has 8 heterocycles. The SMILES string of the molecule is c1ccc(-c2ccc3c(n2)c2nc(-c4ccccc4)cc4c5cc6c7cc(-c8ccccc8)nc8c9nc(-c%10ccccc%10)ccc9n(c6cc5n3c42)c78)cc1. The largest absolute Gasteiger partial charge is 0.305 e. The topological polar surface area (TPSA) is 60.4 Å². The van der Waals surface area contributed by atoms with Crippen LogP contribution < -0.4 is 0 Å². The minimum atomic E-state index is 0.901. The van der Waals surface area contributed by atoms with Crippen molar-refractivity contribution >= 4 is 76.7 Å². The molecular weight excluding hydrogens is 685 g/mol. The fraction of sp³-hybridized carbons (Fsp3) is 0. The Bertz CT molecular complexity index is 3430. The van der Waals surface area contributed by atoms with Gasteiger partial charge in [0.05, 0.1) is 55.9 Å². The number of rotatable bonds is 4. The van der Waals surface area contributed by atoms with Crippen LogP contribution in [0.15, 0.2) is 170 Å². The minimum absolute atomic E-state index is 0.901. The summed E-state index contributed by atoms with van der Waals surface area (Å²) in [6.45, 7) is 0. The van der Waals surface area contributed by atoms with Gasteiger partial charge in [0.25, 0.3) is 0 Å². The molecule has 0 N–H and O–H groups in total. The zero-order chi connectivity index (χ0) is 36.5. The molecule has 5 aromatic carbocycles. The van der Waals surface area contributed by atoms with E-state index >= 15 is 0 Å². The number of hydrogen-bond donors (Lipinski definition) is 0. The van der Waals surface area contributed by atoms with E-state index in [1.807, 2.05) is 12.1 Å². The molecule has 0 aliphatic heterocycles. The molecule has 6 nitrogen and oxygen atoms in total. The van der Waals surface area contributed by atoms with E-state index < -0.39 is 0 Å². The van der Waals surface area contributed by atoms with Crippen LogP contribution in [0.1, 0.15) is 0 Å². The molecule has 0 aliphatic rings. The van der Waals surface area contributed by atoms with Gasteiger partial charge in [-0.05, 0) is 48.5 Å². The Balaban J connectivity index is 1.18. The van der Waals surface area contributed by atoms with Gasteiger partial charge < -0.3 is 8.80 Å². The van der Waals surface area contributed by atoms with E-state index in [2.05, 4.69) is 167 Å². The van der Waals surface area contributed by atoms with Crippen molar-refractivity contribution in [3.05, 3.63) is 170 Å². The van der Waals surface area contributed by atoms with Crippen molar-refractivity contribution in [2.24, 2.45) is 0 Å². The lowest BCUT2D eigenvalue weighted by atomic mass is 10.0. The summed E-state index contributed by atoms with van der Waals surface area (Å²) in [7, 11) is 0. The van der Waals surface area contributed by atoms with Crippen LogP contribution in [0.2, 0.25) is 0 Å². The van der Waals surface area contributed by atoms with Gasteiger partial charge in [-0.3, -0.25) is 0 Å². The maximum absolute atomic E-state index is 5.37. The summed E-state index contributed by atoms with van der Waals surface area (Å²) in [5.41, 5.74) is 18.2. The summed E-state index contributed by atoms with van der Waals surface area (Å²) in [5.74, 6) is 0. The average molecular weight is 713 g/mol. The standard InChI is InChI=1S/C50H28N6/c1-5-13-29(14-6-1)37-21-23-41-45(51-37)47-49-35(26-39(53-47)31-17-9-3-10-18-31)33-25-34-36-27-40(32-19-11-4-12-20-32)54-48-46-42(24-22-38(52-46)30-15-7-2-8-16-30)56(50(36)48)44(34)28-43(33)55(41)49/h1-28H. The molecule has 0 unspecified atom stereocenters. The second-order valence-electron chi connectivity index (χ2n) is 14.7. The monoisotopic (exact) mass is 712 g/mol. The summed E-state index contributed by atoms with van der Waals surface area (Å²) in [5, 5.41) is 4.69. The quantitative estimate of drug-likeness (QED) is 0.182. The Kier molecular flexibility index (Phi) is 5.80. The highest BCUT2D eigenvalue weighted by Crippen LogP contribution is 2.45. The predicted molar refractivity (Wildman–Crippen MR) is 229 cm³/mol. The third kappa shape index (κ3) is 3.99. The second kappa shape index (κ2) is 10.9. The molecule has 8 aromatic heterocycles. The Labute approximate surface area is 319 Å². The maximum Gasteiger partial charge on any atom is 0.116 e. The molecule has 0 spiro atoms. The van der Waals surface area contributed by atoms with E-state index in [1.54, 1.807) is 0 Å². The number of benzene rings is 5. The first-order valence-electron chi connectivity index (χ1n) is 18.9. The molecule has 6 heteroatoms. The van der Waals surface area contributed by atoms with Gasteiger partial charge >= 0.3 is 0 Å². The molecule has 0 bridgehead atoms. The molecular formula is C50H28N6. The Morgan fingerprint density at radius 1 is 0.268 bits per heavy atom. The van der Waals surface area contributed by atoms with Crippen LogP contribution in [0.25, 0.3) is 122 Å². The van der Waals surface area contributed by atoms with Gasteiger partial charge in [-0.1, -0.05) is 121 Å². The van der Waals surface area contributed by atoms with E-state index in [1.165, 1.54) is 10.8 Å². The lowest BCUT2D eigenvalue weighted by molar-refractivity contribution is 1.32. The van der Waals surface area contributed by atoms with Gasteiger partial charge in [-0.2, -0.15) is 0 Å². The van der Waals surface area contributed by atoms with Crippen LogP contribution in [0.5, 0.6) is 0 Å². The van der Waals surface area contributed by atoms with Crippen LogP contribution in [0.3, 0.4) is 0 Å². The molecule has 258 valence electrons. The van der Waals surface area contributed by atoms with E-state index in [0.29, 0.717) is 0 Å². The molecule has 0 aliphatic carbocycles. The van der Waals surface area contributed by atoms with Gasteiger partial charge in [0, 0.05) is 43.8 Å². The third-order valence-electron chi connectivity index (χ3n) is 11.6. The molecule has 56 heavy (non-hydrogen) atoms. The minimum Gasteiger partial charge on any atom is -0.305 e. The summed E-state index contributed by atoms with van der Waals surface area (Å²) in [6, 6.07) is 59.7. The van der Waals surface area contributed by atoms with Crippen molar-refractivity contribution in [2.75, 3.05) is 0 Å². The average Bonchev–Trinajstić information content (AvgIpc) is 3.99. The molecule has 0 amide bonds. The first-order chi connectivity index (χ1) is 27.8. The summed E-state index contributed by atoms with van der Waals surface area (Å²) < 4.78 is 4.76. The van der Waals surface area contributed by atoms with Crippen molar-refractivity contribution in [3.8, 4) is 45.0 Å². The molecule has 0 saturated carbocycles. The number of pyridine rings is 4. The summed E-state index contributed by atoms with van der Waals surface area (Å²) in [4.78, 5) is 21.4. The van der Waals surface area contributed by atoms with Crippen LogP contribution in [-0.4, -0.2) is 28.7 Å². The fourth-order valence-corrected chi connectivity index (χ4v) is 9.06. The van der Waals surface area contributed by atoms with E-state index in [-0.39, 0.29) is 0 Å². The molecule has 0 saturated heterocycles. The maximum atomic E-state index is 5.37. The van der Waals surface area contributed by atoms with Gasteiger partial charge in [0.1, 0.15) is 22.1 Å². The number of aromatic nitrogens is 6. The molecule has 0 fully saturated rings. The number of hydrogen-bond acceptors (Lipinski definition) is 4. The first-order valence-corrected chi connectivity index (χ1v) is 18.9. The van der Waals surface area contributed by atoms with Crippen LogP contribution in [-0.2, 0) is 0 Å². The molecule has 0 atom stereocenters. The van der Waals surface area contributed by atoms with Gasteiger partial charge in [-0.25, -0.2) is 19.9 Å². The molecule has 0 radical (unpaired) electrons. The van der Waals surface area contributed by atoms with Crippen molar-refractivity contribution in [3.63, 3.8) is 0 Å². The van der Waals surface area contributed by atoms with E-state index in [4.69, 9.17) is 19.9 Å². The summed E-state index contributed by atoms with van der Waals surface area (Å²) >= 11 is 0.